The minimum atomic E-state index is 0.757. The zero-order valence-corrected chi connectivity index (χ0v) is 9.44. The van der Waals surface area contributed by atoms with Crippen LogP contribution in [0.3, 0.4) is 0 Å². The second kappa shape index (κ2) is 4.11. The van der Waals surface area contributed by atoms with Gasteiger partial charge in [-0.1, -0.05) is 5.92 Å². The van der Waals surface area contributed by atoms with E-state index in [0.29, 0.717) is 0 Å². The van der Waals surface area contributed by atoms with Crippen LogP contribution in [0.1, 0.15) is 5.56 Å². The summed E-state index contributed by atoms with van der Waals surface area (Å²) in [6, 6.07) is 5.81. The first kappa shape index (κ1) is 10.2. The van der Waals surface area contributed by atoms with Gasteiger partial charge in [0.15, 0.2) is 0 Å². The van der Waals surface area contributed by atoms with Crippen LogP contribution in [0.5, 0.6) is 0 Å². The zero-order valence-electron chi connectivity index (χ0n) is 9.44. The zero-order chi connectivity index (χ0) is 11.7. The highest BCUT2D eigenvalue weighted by Crippen LogP contribution is 2.19. The first-order valence-electron chi connectivity index (χ1n) is 5.66. The molecule has 1 N–H and O–H groups in total. The van der Waals surface area contributed by atoms with Gasteiger partial charge in [-0.05, 0) is 18.2 Å². The molecule has 0 bridgehead atoms. The largest absolute Gasteiger partial charge is 0.378 e. The molecule has 1 saturated heterocycles. The second-order valence-electron chi connectivity index (χ2n) is 4.04. The molecule has 1 aromatic heterocycles. The Kier molecular flexibility index (Phi) is 2.46. The number of rotatable bonds is 1. The lowest BCUT2D eigenvalue weighted by molar-refractivity contribution is 0.122. The van der Waals surface area contributed by atoms with Crippen molar-refractivity contribution in [1.29, 1.82) is 0 Å². The molecule has 2 aromatic rings. The molecule has 4 nitrogen and oxygen atoms in total. The molecule has 1 aromatic carbocycles. The van der Waals surface area contributed by atoms with E-state index in [1.807, 2.05) is 18.2 Å². The van der Waals surface area contributed by atoms with Crippen molar-refractivity contribution in [2.75, 3.05) is 31.2 Å². The number of H-pyrrole nitrogens is 1. The summed E-state index contributed by atoms with van der Waals surface area (Å²) in [6.45, 7) is 3.27. The summed E-state index contributed by atoms with van der Waals surface area (Å²) in [5.41, 5.74) is 2.81. The second-order valence-corrected chi connectivity index (χ2v) is 4.04. The molecule has 0 amide bonds. The van der Waals surface area contributed by atoms with E-state index < -0.39 is 0 Å². The van der Waals surface area contributed by atoms with Gasteiger partial charge in [-0.2, -0.15) is 0 Å². The lowest BCUT2D eigenvalue weighted by atomic mass is 10.2. The maximum atomic E-state index is 5.38. The van der Waals surface area contributed by atoms with Crippen LogP contribution in [0, 0.1) is 12.3 Å². The third-order valence-electron chi connectivity index (χ3n) is 2.95. The first-order chi connectivity index (χ1) is 8.36. The molecule has 86 valence electrons. The van der Waals surface area contributed by atoms with E-state index >= 15 is 0 Å². The minimum Gasteiger partial charge on any atom is -0.378 e. The van der Waals surface area contributed by atoms with Gasteiger partial charge in [-0.15, -0.1) is 6.42 Å². The fraction of sp³-hybridized carbons (Fsp3) is 0.308. The van der Waals surface area contributed by atoms with Crippen molar-refractivity contribution in [3.63, 3.8) is 0 Å². The molecular weight excluding hydrogens is 214 g/mol. The van der Waals surface area contributed by atoms with Crippen LogP contribution >= 0.6 is 0 Å². The molecule has 4 heteroatoms. The number of hydrogen-bond donors (Lipinski definition) is 1. The quantitative estimate of drug-likeness (QED) is 0.748. The van der Waals surface area contributed by atoms with E-state index in [-0.39, 0.29) is 0 Å². The predicted molar refractivity (Wildman–Crippen MR) is 67.1 cm³/mol. The molecule has 1 aliphatic rings. The van der Waals surface area contributed by atoms with Crippen molar-refractivity contribution in [1.82, 2.24) is 9.97 Å². The van der Waals surface area contributed by atoms with Crippen molar-refractivity contribution in [2.24, 2.45) is 0 Å². The number of ether oxygens (including phenoxy) is 1. The molecule has 0 unspecified atom stereocenters. The number of fused-ring (bicyclic) bond motifs is 1. The third kappa shape index (κ3) is 1.85. The van der Waals surface area contributed by atoms with Gasteiger partial charge >= 0.3 is 0 Å². The van der Waals surface area contributed by atoms with Gasteiger partial charge in [-0.3, -0.25) is 0 Å². The summed E-state index contributed by atoms with van der Waals surface area (Å²) >= 11 is 0. The topological polar surface area (TPSA) is 41.2 Å². The molecule has 0 aliphatic carbocycles. The lowest BCUT2D eigenvalue weighted by Crippen LogP contribution is -2.36. The molecule has 17 heavy (non-hydrogen) atoms. The van der Waals surface area contributed by atoms with Gasteiger partial charge in [0, 0.05) is 18.7 Å². The summed E-state index contributed by atoms with van der Waals surface area (Å²) in [5, 5.41) is 0. The molecule has 3 rings (SSSR count). The smallest absolute Gasteiger partial charge is 0.203 e. The van der Waals surface area contributed by atoms with Crippen molar-refractivity contribution in [3.05, 3.63) is 23.8 Å². The van der Waals surface area contributed by atoms with E-state index in [0.717, 1.165) is 48.8 Å². The minimum absolute atomic E-state index is 0.757. The van der Waals surface area contributed by atoms with E-state index in [1.165, 1.54) is 0 Å². The molecule has 1 fully saturated rings. The Labute approximate surface area is 99.6 Å². The van der Waals surface area contributed by atoms with Gasteiger partial charge in [0.25, 0.3) is 0 Å². The highest BCUT2D eigenvalue weighted by Gasteiger charge is 2.14. The van der Waals surface area contributed by atoms with Crippen LogP contribution in [-0.2, 0) is 4.74 Å². The summed E-state index contributed by atoms with van der Waals surface area (Å²) in [7, 11) is 0. The number of hydrogen-bond acceptors (Lipinski definition) is 3. The highest BCUT2D eigenvalue weighted by atomic mass is 16.5. The van der Waals surface area contributed by atoms with Gasteiger partial charge < -0.3 is 14.6 Å². The summed E-state index contributed by atoms with van der Waals surface area (Å²) in [5.74, 6) is 3.53. The Morgan fingerprint density at radius 3 is 2.94 bits per heavy atom. The first-order valence-corrected chi connectivity index (χ1v) is 5.66. The molecule has 1 aliphatic heterocycles. The van der Waals surface area contributed by atoms with Crippen LogP contribution in [0.25, 0.3) is 11.0 Å². The lowest BCUT2D eigenvalue weighted by Gasteiger charge is -2.26. The van der Waals surface area contributed by atoms with Crippen molar-refractivity contribution >= 4 is 17.0 Å². The van der Waals surface area contributed by atoms with Crippen LogP contribution in [0.2, 0.25) is 0 Å². The van der Waals surface area contributed by atoms with Gasteiger partial charge in [0.2, 0.25) is 5.95 Å². The third-order valence-corrected chi connectivity index (χ3v) is 2.95. The molecule has 0 saturated carbocycles. The van der Waals surface area contributed by atoms with Crippen molar-refractivity contribution < 1.29 is 4.74 Å². The number of imidazole rings is 1. The van der Waals surface area contributed by atoms with Crippen LogP contribution in [-0.4, -0.2) is 36.3 Å². The number of benzene rings is 1. The monoisotopic (exact) mass is 227 g/mol. The SMILES string of the molecule is C#Cc1ccc2nc(N3CCOCC3)[nH]c2c1. The Hall–Kier alpha value is -1.99. The molecule has 0 atom stereocenters. The Bertz CT molecular complexity index is 576. The number of terminal acetylenes is 1. The van der Waals surface area contributed by atoms with Gasteiger partial charge in [0.05, 0.1) is 24.2 Å². The number of nitrogens with zero attached hydrogens (tertiary/aromatic N) is 2. The Balaban J connectivity index is 1.98. The van der Waals surface area contributed by atoms with Gasteiger partial charge in [0.1, 0.15) is 0 Å². The standard InChI is InChI=1S/C13H13N3O/c1-2-10-3-4-11-12(9-10)15-13(14-11)16-5-7-17-8-6-16/h1,3-4,9H,5-8H2,(H,14,15). The normalized spacial score (nSPS) is 16.1. The van der Waals surface area contributed by atoms with E-state index in [9.17, 15) is 0 Å². The maximum absolute atomic E-state index is 5.38. The average molecular weight is 227 g/mol. The fourth-order valence-corrected chi connectivity index (χ4v) is 2.01. The van der Waals surface area contributed by atoms with Crippen LogP contribution in [0.4, 0.5) is 5.95 Å². The number of morpholine rings is 1. The Morgan fingerprint density at radius 1 is 1.35 bits per heavy atom. The fourth-order valence-electron chi connectivity index (χ4n) is 2.01. The number of anilines is 1. The van der Waals surface area contributed by atoms with Crippen molar-refractivity contribution in [3.8, 4) is 12.3 Å². The summed E-state index contributed by atoms with van der Waals surface area (Å²) in [4.78, 5) is 10.1. The van der Waals surface area contributed by atoms with E-state index in [4.69, 9.17) is 11.2 Å². The summed E-state index contributed by atoms with van der Waals surface area (Å²) < 4.78 is 5.32. The molecular formula is C13H13N3O. The van der Waals surface area contributed by atoms with Crippen LogP contribution < -0.4 is 4.90 Å². The van der Waals surface area contributed by atoms with Crippen molar-refractivity contribution in [2.45, 2.75) is 0 Å². The summed E-state index contributed by atoms with van der Waals surface area (Å²) in [6.07, 6.45) is 5.38. The van der Waals surface area contributed by atoms with Crippen LogP contribution in [0.15, 0.2) is 18.2 Å². The molecule has 0 spiro atoms. The van der Waals surface area contributed by atoms with E-state index in [2.05, 4.69) is 20.8 Å². The maximum Gasteiger partial charge on any atom is 0.203 e. The number of aromatic nitrogens is 2. The molecule has 2 heterocycles. The number of nitrogens with one attached hydrogen (secondary N) is 1. The number of aromatic amines is 1. The molecule has 0 radical (unpaired) electrons. The van der Waals surface area contributed by atoms with E-state index in [1.54, 1.807) is 0 Å². The van der Waals surface area contributed by atoms with Gasteiger partial charge in [-0.25, -0.2) is 4.98 Å². The highest BCUT2D eigenvalue weighted by molar-refractivity contribution is 5.79. The average Bonchev–Trinajstić information content (AvgIpc) is 2.82. The Morgan fingerprint density at radius 2 is 2.18 bits per heavy atom. The predicted octanol–water partition coefficient (Wildman–Crippen LogP) is 1.38.